The molecule has 2 rings (SSSR count). The van der Waals surface area contributed by atoms with Gasteiger partial charge in [0.1, 0.15) is 4.90 Å². The number of terminal acetylenes is 1. The second kappa shape index (κ2) is 6.93. The fraction of sp³-hybridized carbons (Fsp3) is 0.125. The van der Waals surface area contributed by atoms with Gasteiger partial charge in [-0.3, -0.25) is 0 Å². The summed E-state index contributed by atoms with van der Waals surface area (Å²) >= 11 is 0. The molecule has 0 atom stereocenters. The Bertz CT molecular complexity index is 734. The van der Waals surface area contributed by atoms with Crippen LogP contribution in [0.2, 0.25) is 0 Å². The lowest BCUT2D eigenvalue weighted by atomic mass is 10.2. The van der Waals surface area contributed by atoms with Gasteiger partial charge >= 0.3 is 0 Å². The van der Waals surface area contributed by atoms with Crippen LogP contribution in [0.5, 0.6) is 0 Å². The molecule has 2 aromatic rings. The van der Waals surface area contributed by atoms with Gasteiger partial charge in [-0.25, -0.2) is 13.1 Å². The molecule has 4 nitrogen and oxygen atoms in total. The van der Waals surface area contributed by atoms with Gasteiger partial charge < -0.3 is 5.32 Å². The van der Waals surface area contributed by atoms with Crippen molar-refractivity contribution in [2.75, 3.05) is 11.9 Å². The third kappa shape index (κ3) is 4.09. The standard InChI is InChI=1S/C16H16N2O2S/c1-2-12-17-15-10-6-7-11-16(15)21(19,20)18-13-14-8-4-3-5-9-14/h1,3-11,17-18H,12-13H2. The zero-order chi connectivity index (χ0) is 15.1. The summed E-state index contributed by atoms with van der Waals surface area (Å²) in [7, 11) is -3.60. The Morgan fingerprint density at radius 3 is 2.38 bits per heavy atom. The summed E-state index contributed by atoms with van der Waals surface area (Å²) in [5, 5.41) is 2.91. The first kappa shape index (κ1) is 15.1. The first-order chi connectivity index (χ1) is 10.1. The van der Waals surface area contributed by atoms with E-state index in [-0.39, 0.29) is 18.0 Å². The molecule has 0 spiro atoms. The van der Waals surface area contributed by atoms with Crippen LogP contribution in [0.25, 0.3) is 0 Å². The molecule has 0 aromatic heterocycles. The quantitative estimate of drug-likeness (QED) is 0.804. The molecule has 0 radical (unpaired) electrons. The summed E-state index contributed by atoms with van der Waals surface area (Å²) in [4.78, 5) is 0.191. The van der Waals surface area contributed by atoms with Gasteiger partial charge in [0.2, 0.25) is 10.0 Å². The van der Waals surface area contributed by atoms with Crippen LogP contribution in [0, 0.1) is 12.3 Å². The van der Waals surface area contributed by atoms with Gasteiger partial charge in [-0.05, 0) is 17.7 Å². The third-order valence-electron chi connectivity index (χ3n) is 2.87. The average Bonchev–Trinajstić information content (AvgIpc) is 2.52. The molecule has 0 saturated heterocycles. The number of hydrogen-bond acceptors (Lipinski definition) is 3. The summed E-state index contributed by atoms with van der Waals surface area (Å²) < 4.78 is 27.4. The van der Waals surface area contributed by atoms with Gasteiger partial charge in [-0.2, -0.15) is 0 Å². The Morgan fingerprint density at radius 2 is 1.67 bits per heavy atom. The van der Waals surface area contributed by atoms with Crippen molar-refractivity contribution in [3.05, 3.63) is 60.2 Å². The molecule has 0 amide bonds. The minimum atomic E-state index is -3.60. The Balaban J connectivity index is 2.18. The summed E-state index contributed by atoms with van der Waals surface area (Å²) in [6.45, 7) is 0.512. The van der Waals surface area contributed by atoms with Crippen LogP contribution in [0.15, 0.2) is 59.5 Å². The molecule has 0 bridgehead atoms. The molecule has 0 aliphatic rings. The number of hydrogen-bond donors (Lipinski definition) is 2. The second-order valence-corrected chi connectivity index (χ2v) is 6.10. The van der Waals surface area contributed by atoms with Gasteiger partial charge in [0, 0.05) is 6.54 Å². The Morgan fingerprint density at radius 1 is 1.00 bits per heavy atom. The molecular weight excluding hydrogens is 284 g/mol. The highest BCUT2D eigenvalue weighted by atomic mass is 32.2. The highest BCUT2D eigenvalue weighted by Crippen LogP contribution is 2.20. The van der Waals surface area contributed by atoms with Crippen LogP contribution in [-0.2, 0) is 16.6 Å². The molecule has 5 heteroatoms. The molecule has 0 saturated carbocycles. The van der Waals surface area contributed by atoms with Crippen molar-refractivity contribution in [3.63, 3.8) is 0 Å². The normalized spacial score (nSPS) is 10.8. The highest BCUT2D eigenvalue weighted by Gasteiger charge is 2.17. The van der Waals surface area contributed by atoms with Crippen LogP contribution in [0.3, 0.4) is 0 Å². The van der Waals surface area contributed by atoms with Gasteiger partial charge in [0.15, 0.2) is 0 Å². The van der Waals surface area contributed by atoms with E-state index in [0.29, 0.717) is 5.69 Å². The van der Waals surface area contributed by atoms with Crippen LogP contribution in [-0.4, -0.2) is 15.0 Å². The molecule has 21 heavy (non-hydrogen) atoms. The molecule has 0 aliphatic carbocycles. The number of nitrogens with one attached hydrogen (secondary N) is 2. The van der Waals surface area contributed by atoms with Crippen LogP contribution >= 0.6 is 0 Å². The molecule has 108 valence electrons. The monoisotopic (exact) mass is 300 g/mol. The maximum atomic E-state index is 12.4. The first-order valence-electron chi connectivity index (χ1n) is 6.43. The van der Waals surface area contributed by atoms with Crippen molar-refractivity contribution in [3.8, 4) is 12.3 Å². The van der Waals surface area contributed by atoms with Gasteiger partial charge in [-0.15, -0.1) is 6.42 Å². The van der Waals surface area contributed by atoms with E-state index in [1.807, 2.05) is 30.3 Å². The van der Waals surface area contributed by atoms with Gasteiger partial charge in [0.05, 0.1) is 12.2 Å². The molecule has 0 heterocycles. The predicted octanol–water partition coefficient (Wildman–Crippen LogP) is 2.21. The van der Waals surface area contributed by atoms with Crippen molar-refractivity contribution in [2.24, 2.45) is 0 Å². The Hall–Kier alpha value is -2.29. The second-order valence-electron chi connectivity index (χ2n) is 4.36. The molecule has 0 unspecified atom stereocenters. The smallest absolute Gasteiger partial charge is 0.242 e. The van der Waals surface area contributed by atoms with E-state index in [4.69, 9.17) is 6.42 Å². The number of benzene rings is 2. The van der Waals surface area contributed by atoms with Crippen molar-refractivity contribution < 1.29 is 8.42 Å². The molecule has 2 N–H and O–H groups in total. The summed E-state index contributed by atoms with van der Waals surface area (Å²) in [6.07, 6.45) is 5.19. The topological polar surface area (TPSA) is 58.2 Å². The van der Waals surface area contributed by atoms with Crippen LogP contribution in [0.1, 0.15) is 5.56 Å². The lowest BCUT2D eigenvalue weighted by Crippen LogP contribution is -2.24. The minimum absolute atomic E-state index is 0.191. The Labute approximate surface area is 125 Å². The van der Waals surface area contributed by atoms with E-state index in [1.54, 1.807) is 24.3 Å². The van der Waals surface area contributed by atoms with Gasteiger partial charge in [-0.1, -0.05) is 48.4 Å². The number of sulfonamides is 1. The van der Waals surface area contributed by atoms with E-state index >= 15 is 0 Å². The number of para-hydroxylation sites is 1. The third-order valence-corrected chi connectivity index (χ3v) is 4.33. The Kier molecular flexibility index (Phi) is 4.99. The molecule has 0 aliphatic heterocycles. The fourth-order valence-corrected chi connectivity index (χ4v) is 3.04. The van der Waals surface area contributed by atoms with E-state index in [2.05, 4.69) is 16.0 Å². The SMILES string of the molecule is C#CCNc1ccccc1S(=O)(=O)NCc1ccccc1. The van der Waals surface area contributed by atoms with Crippen molar-refractivity contribution in [1.82, 2.24) is 4.72 Å². The number of rotatable bonds is 6. The van der Waals surface area contributed by atoms with Crippen molar-refractivity contribution in [2.45, 2.75) is 11.4 Å². The predicted molar refractivity (Wildman–Crippen MR) is 84.2 cm³/mol. The highest BCUT2D eigenvalue weighted by molar-refractivity contribution is 7.89. The lowest BCUT2D eigenvalue weighted by molar-refractivity contribution is 0.581. The average molecular weight is 300 g/mol. The maximum Gasteiger partial charge on any atom is 0.242 e. The van der Waals surface area contributed by atoms with E-state index in [0.717, 1.165) is 5.56 Å². The van der Waals surface area contributed by atoms with E-state index in [1.165, 1.54) is 0 Å². The summed E-state index contributed by atoms with van der Waals surface area (Å²) in [6, 6.07) is 16.0. The minimum Gasteiger partial charge on any atom is -0.373 e. The number of anilines is 1. The zero-order valence-corrected chi connectivity index (χ0v) is 12.2. The maximum absolute atomic E-state index is 12.4. The van der Waals surface area contributed by atoms with Crippen molar-refractivity contribution >= 4 is 15.7 Å². The molecule has 2 aromatic carbocycles. The molecular formula is C16H16N2O2S. The first-order valence-corrected chi connectivity index (χ1v) is 7.92. The largest absolute Gasteiger partial charge is 0.373 e. The summed E-state index contributed by atoms with van der Waals surface area (Å²) in [5.74, 6) is 2.43. The fourth-order valence-electron chi connectivity index (χ4n) is 1.85. The van der Waals surface area contributed by atoms with E-state index < -0.39 is 10.0 Å². The molecule has 0 fully saturated rings. The van der Waals surface area contributed by atoms with E-state index in [9.17, 15) is 8.42 Å². The summed E-state index contributed by atoms with van der Waals surface area (Å²) in [5.41, 5.74) is 1.39. The van der Waals surface area contributed by atoms with Crippen molar-refractivity contribution in [1.29, 1.82) is 0 Å². The zero-order valence-electron chi connectivity index (χ0n) is 11.4. The lowest BCUT2D eigenvalue weighted by Gasteiger charge is -2.12. The van der Waals surface area contributed by atoms with Crippen LogP contribution in [0.4, 0.5) is 5.69 Å². The van der Waals surface area contributed by atoms with Gasteiger partial charge in [0.25, 0.3) is 0 Å². The van der Waals surface area contributed by atoms with Crippen LogP contribution < -0.4 is 10.0 Å².